The maximum absolute atomic E-state index is 10.8. The van der Waals surface area contributed by atoms with Gasteiger partial charge in [-0.3, -0.25) is 4.18 Å². The van der Waals surface area contributed by atoms with Crippen molar-refractivity contribution in [2.45, 2.75) is 6.10 Å². The van der Waals surface area contributed by atoms with E-state index in [2.05, 4.69) is 10.8 Å². The molecule has 0 fully saturated rings. The van der Waals surface area contributed by atoms with Gasteiger partial charge in [-0.2, -0.15) is 8.42 Å². The second-order valence-corrected chi connectivity index (χ2v) is 3.82. The first-order chi connectivity index (χ1) is 5.52. The zero-order valence-corrected chi connectivity index (χ0v) is 10.3. The average Bonchev–Trinajstić information content (AvgIpc) is 2.00. The molecule has 2 N–H and O–H groups in total. The normalized spacial score (nSPS) is 13.1. The van der Waals surface area contributed by atoms with Crippen LogP contribution in [0.1, 0.15) is 1.43 Å². The Kier molecular flexibility index (Phi) is 9.77. The van der Waals surface area contributed by atoms with Crippen LogP contribution in [0.2, 0.25) is 0 Å². The minimum absolute atomic E-state index is 0. The van der Waals surface area contributed by atoms with Crippen LogP contribution < -0.4 is 29.6 Å². The summed E-state index contributed by atoms with van der Waals surface area (Å²) in [5.74, 6) is -0.600. The van der Waals surface area contributed by atoms with E-state index in [9.17, 15) is 8.42 Å². The standard InChI is InChI=1S/C6H12O5S.Na.H/c1-2-3-11-12(9,10)5-6(8)4-7;;/h2,6-8H,1,3-5H2;;/q;+1;-1. The van der Waals surface area contributed by atoms with Crippen molar-refractivity contribution in [3.8, 4) is 0 Å². The molecular formula is C6H13NaO5S. The quantitative estimate of drug-likeness (QED) is 0.271. The van der Waals surface area contributed by atoms with Gasteiger partial charge in [0.1, 0.15) is 5.75 Å². The summed E-state index contributed by atoms with van der Waals surface area (Å²) in [7, 11) is -3.74. The van der Waals surface area contributed by atoms with Crippen LogP contribution in [0.5, 0.6) is 0 Å². The van der Waals surface area contributed by atoms with Crippen molar-refractivity contribution >= 4 is 10.1 Å². The number of rotatable bonds is 6. The molecule has 0 saturated carbocycles. The van der Waals surface area contributed by atoms with Gasteiger partial charge in [0.2, 0.25) is 0 Å². The summed E-state index contributed by atoms with van der Waals surface area (Å²) in [5, 5.41) is 17.1. The van der Waals surface area contributed by atoms with E-state index in [0.717, 1.165) is 0 Å². The van der Waals surface area contributed by atoms with Gasteiger partial charge >= 0.3 is 29.6 Å². The molecule has 13 heavy (non-hydrogen) atoms. The Morgan fingerprint density at radius 3 is 2.54 bits per heavy atom. The van der Waals surface area contributed by atoms with E-state index < -0.39 is 28.6 Å². The van der Waals surface area contributed by atoms with Gasteiger partial charge in [-0.15, -0.1) is 6.58 Å². The smallest absolute Gasteiger partial charge is 1.00 e. The van der Waals surface area contributed by atoms with E-state index in [1.807, 2.05) is 0 Å². The molecule has 0 aromatic heterocycles. The third-order valence-corrected chi connectivity index (χ3v) is 2.26. The maximum Gasteiger partial charge on any atom is 1.00 e. The van der Waals surface area contributed by atoms with Gasteiger partial charge in [0.05, 0.1) is 19.3 Å². The summed E-state index contributed by atoms with van der Waals surface area (Å²) in [6.45, 7) is 2.54. The SMILES string of the molecule is C=CCOS(=O)(=O)CC(O)CO.[H-].[Na+]. The summed E-state index contributed by atoms with van der Waals surface area (Å²) >= 11 is 0. The Bertz CT molecular complexity index is 230. The van der Waals surface area contributed by atoms with Gasteiger partial charge < -0.3 is 11.6 Å². The van der Waals surface area contributed by atoms with Crippen molar-refractivity contribution in [1.82, 2.24) is 0 Å². The number of aliphatic hydroxyl groups is 2. The van der Waals surface area contributed by atoms with Gasteiger partial charge in [0, 0.05) is 0 Å². The minimum atomic E-state index is -3.74. The first-order valence-corrected chi connectivity index (χ1v) is 4.86. The molecule has 0 aromatic carbocycles. The van der Waals surface area contributed by atoms with Gasteiger partial charge in [0.15, 0.2) is 0 Å². The number of hydrogen-bond acceptors (Lipinski definition) is 5. The number of aliphatic hydroxyl groups excluding tert-OH is 2. The van der Waals surface area contributed by atoms with Crippen LogP contribution in [0, 0.1) is 0 Å². The second-order valence-electron chi connectivity index (χ2n) is 2.13. The van der Waals surface area contributed by atoms with Gasteiger partial charge in [0.25, 0.3) is 10.1 Å². The van der Waals surface area contributed by atoms with Crippen LogP contribution >= 0.6 is 0 Å². The zero-order chi connectivity index (χ0) is 9.61. The molecule has 0 aliphatic heterocycles. The van der Waals surface area contributed by atoms with Gasteiger partial charge in [-0.25, -0.2) is 0 Å². The van der Waals surface area contributed by atoms with Crippen molar-refractivity contribution in [3.05, 3.63) is 12.7 Å². The maximum atomic E-state index is 10.8. The molecule has 0 rings (SSSR count). The van der Waals surface area contributed by atoms with Crippen LogP contribution in [0.4, 0.5) is 0 Å². The summed E-state index contributed by atoms with van der Waals surface area (Å²) in [5.41, 5.74) is 0. The van der Waals surface area contributed by atoms with Crippen LogP contribution in [0.3, 0.4) is 0 Å². The van der Waals surface area contributed by atoms with E-state index in [-0.39, 0.29) is 37.6 Å². The fourth-order valence-corrected chi connectivity index (χ4v) is 1.46. The second kappa shape index (κ2) is 7.93. The molecule has 0 saturated heterocycles. The molecule has 1 atom stereocenters. The molecule has 0 amide bonds. The molecule has 5 nitrogen and oxygen atoms in total. The van der Waals surface area contributed by atoms with Crippen LogP contribution in [0.15, 0.2) is 12.7 Å². The first-order valence-electron chi connectivity index (χ1n) is 3.28. The first kappa shape index (κ1) is 16.0. The molecule has 0 aliphatic carbocycles. The Labute approximate surface area is 101 Å². The Hall–Kier alpha value is 0.570. The number of hydrogen-bond donors (Lipinski definition) is 2. The Morgan fingerprint density at radius 2 is 2.15 bits per heavy atom. The van der Waals surface area contributed by atoms with Crippen molar-refractivity contribution in [2.24, 2.45) is 0 Å². The molecule has 1 unspecified atom stereocenters. The van der Waals surface area contributed by atoms with E-state index in [4.69, 9.17) is 10.2 Å². The predicted octanol–water partition coefficient (Wildman–Crippen LogP) is -4.01. The third-order valence-electron chi connectivity index (χ3n) is 0.973. The van der Waals surface area contributed by atoms with E-state index in [1.165, 1.54) is 6.08 Å². The van der Waals surface area contributed by atoms with Crippen LogP contribution in [-0.2, 0) is 14.3 Å². The summed E-state index contributed by atoms with van der Waals surface area (Å²) < 4.78 is 26.0. The largest absolute Gasteiger partial charge is 1.00 e. The van der Waals surface area contributed by atoms with Gasteiger partial charge in [-0.1, -0.05) is 6.08 Å². The predicted molar refractivity (Wildman–Crippen MR) is 44.1 cm³/mol. The molecule has 74 valence electrons. The molecule has 0 spiro atoms. The van der Waals surface area contributed by atoms with E-state index in [0.29, 0.717) is 0 Å². The summed E-state index contributed by atoms with van der Waals surface area (Å²) in [6, 6.07) is 0. The Morgan fingerprint density at radius 1 is 1.62 bits per heavy atom. The molecule has 7 heteroatoms. The van der Waals surface area contributed by atoms with Crippen LogP contribution in [-0.4, -0.2) is 43.7 Å². The Balaban J connectivity index is -0.000000605. The van der Waals surface area contributed by atoms with Crippen molar-refractivity contribution < 1.29 is 53.8 Å². The van der Waals surface area contributed by atoms with Gasteiger partial charge in [-0.05, 0) is 0 Å². The average molecular weight is 220 g/mol. The van der Waals surface area contributed by atoms with Crippen molar-refractivity contribution in [3.63, 3.8) is 0 Å². The molecular weight excluding hydrogens is 207 g/mol. The fraction of sp³-hybridized carbons (Fsp3) is 0.667. The van der Waals surface area contributed by atoms with Crippen molar-refractivity contribution in [1.29, 1.82) is 0 Å². The van der Waals surface area contributed by atoms with Crippen molar-refractivity contribution in [2.75, 3.05) is 19.0 Å². The fourth-order valence-electron chi connectivity index (χ4n) is 0.488. The van der Waals surface area contributed by atoms with E-state index in [1.54, 1.807) is 0 Å². The molecule has 0 aliphatic rings. The molecule has 0 aromatic rings. The summed E-state index contributed by atoms with van der Waals surface area (Å²) in [4.78, 5) is 0. The molecule has 0 bridgehead atoms. The molecule has 0 heterocycles. The zero-order valence-electron chi connectivity index (χ0n) is 8.51. The third kappa shape index (κ3) is 8.89. The topological polar surface area (TPSA) is 83.8 Å². The monoisotopic (exact) mass is 220 g/mol. The van der Waals surface area contributed by atoms with E-state index >= 15 is 0 Å². The van der Waals surface area contributed by atoms with Crippen LogP contribution in [0.25, 0.3) is 0 Å². The minimum Gasteiger partial charge on any atom is -1.00 e. The summed E-state index contributed by atoms with van der Waals surface area (Å²) in [6.07, 6.45) is -0.0112. The molecule has 0 radical (unpaired) electrons.